The minimum Gasteiger partial charge on any atom is -0.349 e. The van der Waals surface area contributed by atoms with E-state index in [1.54, 1.807) is 43.3 Å². The van der Waals surface area contributed by atoms with E-state index in [9.17, 15) is 13.2 Å². The van der Waals surface area contributed by atoms with Gasteiger partial charge < -0.3 is 5.32 Å². The van der Waals surface area contributed by atoms with Crippen molar-refractivity contribution >= 4 is 21.6 Å². The molecule has 134 valence electrons. The number of anilines is 1. The highest BCUT2D eigenvalue weighted by molar-refractivity contribution is 7.92. The summed E-state index contributed by atoms with van der Waals surface area (Å²) in [4.78, 5) is 12.5. The first-order valence-corrected chi connectivity index (χ1v) is 9.68. The predicted octanol–water partition coefficient (Wildman–Crippen LogP) is 3.57. The van der Waals surface area contributed by atoms with Crippen LogP contribution < -0.4 is 10.0 Å². The molecule has 1 amide bonds. The van der Waals surface area contributed by atoms with Crippen LogP contribution in [0.4, 0.5) is 5.69 Å². The molecular weight excluding hydrogens is 336 g/mol. The fraction of sp³-hybridized carbons (Fsp3) is 0.316. The van der Waals surface area contributed by atoms with Crippen LogP contribution in [0.3, 0.4) is 0 Å². The molecule has 5 nitrogen and oxygen atoms in total. The van der Waals surface area contributed by atoms with Crippen molar-refractivity contribution in [2.24, 2.45) is 5.92 Å². The van der Waals surface area contributed by atoms with E-state index >= 15 is 0 Å². The number of rotatable bonds is 6. The summed E-state index contributed by atoms with van der Waals surface area (Å²) in [7, 11) is -3.70. The highest BCUT2D eigenvalue weighted by atomic mass is 32.2. The van der Waals surface area contributed by atoms with Gasteiger partial charge in [0.1, 0.15) is 0 Å². The second-order valence-corrected chi connectivity index (χ2v) is 8.14. The number of hydrogen-bond acceptors (Lipinski definition) is 3. The van der Waals surface area contributed by atoms with Gasteiger partial charge in [-0.05, 0) is 49.6 Å². The standard InChI is InChI=1S/C19H24N2O3S/c1-13(2)15(4)20-19(22)16-11-10-14(3)18(12-16)21-25(23,24)17-8-6-5-7-9-17/h5-13,15,21H,1-4H3,(H,20,22)/t15-/m0/s1. The van der Waals surface area contributed by atoms with Gasteiger partial charge in [-0.15, -0.1) is 0 Å². The third kappa shape index (κ3) is 4.82. The molecule has 2 rings (SSSR count). The minimum atomic E-state index is -3.70. The first-order valence-electron chi connectivity index (χ1n) is 8.20. The van der Waals surface area contributed by atoms with Gasteiger partial charge >= 0.3 is 0 Å². The van der Waals surface area contributed by atoms with Crippen LogP contribution in [0.5, 0.6) is 0 Å². The van der Waals surface area contributed by atoms with E-state index in [1.165, 1.54) is 12.1 Å². The molecule has 0 unspecified atom stereocenters. The summed E-state index contributed by atoms with van der Waals surface area (Å²) >= 11 is 0. The smallest absolute Gasteiger partial charge is 0.261 e. The van der Waals surface area contributed by atoms with E-state index in [-0.39, 0.29) is 16.8 Å². The number of carbonyl (C=O) groups is 1. The van der Waals surface area contributed by atoms with Crippen molar-refractivity contribution in [3.05, 3.63) is 59.7 Å². The number of sulfonamides is 1. The van der Waals surface area contributed by atoms with Crippen LogP contribution in [0.15, 0.2) is 53.4 Å². The van der Waals surface area contributed by atoms with Crippen molar-refractivity contribution < 1.29 is 13.2 Å². The molecule has 6 heteroatoms. The molecule has 0 spiro atoms. The van der Waals surface area contributed by atoms with Crippen molar-refractivity contribution in [3.63, 3.8) is 0 Å². The third-order valence-electron chi connectivity index (χ3n) is 4.16. The summed E-state index contributed by atoms with van der Waals surface area (Å²) in [5, 5.41) is 2.92. The predicted molar refractivity (Wildman–Crippen MR) is 100 cm³/mol. The Morgan fingerprint density at radius 1 is 1.00 bits per heavy atom. The Bertz CT molecular complexity index is 846. The lowest BCUT2D eigenvalue weighted by Gasteiger charge is -2.18. The van der Waals surface area contributed by atoms with E-state index in [1.807, 2.05) is 20.8 Å². The zero-order valence-corrected chi connectivity index (χ0v) is 15.7. The van der Waals surface area contributed by atoms with Crippen molar-refractivity contribution in [2.75, 3.05) is 4.72 Å². The Balaban J connectivity index is 2.26. The lowest BCUT2D eigenvalue weighted by atomic mass is 10.1. The SMILES string of the molecule is Cc1ccc(C(=O)N[C@@H](C)C(C)C)cc1NS(=O)(=O)c1ccccc1. The van der Waals surface area contributed by atoms with Crippen molar-refractivity contribution in [3.8, 4) is 0 Å². The zero-order chi connectivity index (χ0) is 18.6. The van der Waals surface area contributed by atoms with E-state index in [0.717, 1.165) is 5.56 Å². The summed E-state index contributed by atoms with van der Waals surface area (Å²) < 4.78 is 27.5. The van der Waals surface area contributed by atoms with Gasteiger partial charge in [-0.1, -0.05) is 38.1 Å². The molecule has 0 aliphatic carbocycles. The fourth-order valence-corrected chi connectivity index (χ4v) is 3.28. The molecule has 0 aromatic heterocycles. The lowest BCUT2D eigenvalue weighted by Crippen LogP contribution is -2.36. The van der Waals surface area contributed by atoms with E-state index < -0.39 is 10.0 Å². The van der Waals surface area contributed by atoms with Crippen LogP contribution in [-0.4, -0.2) is 20.4 Å². The highest BCUT2D eigenvalue weighted by Crippen LogP contribution is 2.21. The summed E-state index contributed by atoms with van der Waals surface area (Å²) in [5.74, 6) is 0.0896. The lowest BCUT2D eigenvalue weighted by molar-refractivity contribution is 0.0930. The Morgan fingerprint density at radius 2 is 1.64 bits per heavy atom. The molecular formula is C19H24N2O3S. The molecule has 0 fully saturated rings. The minimum absolute atomic E-state index is 0.0262. The quantitative estimate of drug-likeness (QED) is 0.827. The monoisotopic (exact) mass is 360 g/mol. The van der Waals surface area contributed by atoms with Gasteiger partial charge in [0.05, 0.1) is 10.6 Å². The number of amides is 1. The molecule has 2 aromatic rings. The number of carbonyl (C=O) groups excluding carboxylic acids is 1. The van der Waals surface area contributed by atoms with Crippen LogP contribution in [0.1, 0.15) is 36.7 Å². The topological polar surface area (TPSA) is 75.3 Å². The van der Waals surface area contributed by atoms with Gasteiger partial charge in [-0.3, -0.25) is 9.52 Å². The molecule has 2 N–H and O–H groups in total. The number of nitrogens with one attached hydrogen (secondary N) is 2. The second-order valence-electron chi connectivity index (χ2n) is 6.45. The molecule has 0 saturated carbocycles. The molecule has 0 radical (unpaired) electrons. The molecule has 25 heavy (non-hydrogen) atoms. The largest absolute Gasteiger partial charge is 0.349 e. The van der Waals surface area contributed by atoms with Crippen LogP contribution in [0, 0.1) is 12.8 Å². The van der Waals surface area contributed by atoms with Crippen LogP contribution in [0.25, 0.3) is 0 Å². The second kappa shape index (κ2) is 7.70. The Labute approximate surface area is 149 Å². The van der Waals surface area contributed by atoms with Crippen LogP contribution >= 0.6 is 0 Å². The summed E-state index contributed by atoms with van der Waals surface area (Å²) in [5.41, 5.74) is 1.56. The Kier molecular flexibility index (Phi) is 5.85. The van der Waals surface area contributed by atoms with Gasteiger partial charge in [0, 0.05) is 11.6 Å². The van der Waals surface area contributed by atoms with Gasteiger partial charge in [0.2, 0.25) is 0 Å². The zero-order valence-electron chi connectivity index (χ0n) is 14.9. The summed E-state index contributed by atoms with van der Waals surface area (Å²) in [6.45, 7) is 7.79. The average Bonchev–Trinajstić information content (AvgIpc) is 2.57. The third-order valence-corrected chi connectivity index (χ3v) is 5.54. The maximum atomic E-state index is 12.5. The maximum absolute atomic E-state index is 12.5. The molecule has 0 aliphatic rings. The number of benzene rings is 2. The molecule has 0 bridgehead atoms. The highest BCUT2D eigenvalue weighted by Gasteiger charge is 2.17. The van der Waals surface area contributed by atoms with E-state index in [4.69, 9.17) is 0 Å². The average molecular weight is 360 g/mol. The number of aryl methyl sites for hydroxylation is 1. The van der Waals surface area contributed by atoms with Crippen molar-refractivity contribution in [2.45, 2.75) is 38.6 Å². The fourth-order valence-electron chi connectivity index (χ4n) is 2.13. The number of hydrogen-bond donors (Lipinski definition) is 2. The molecule has 0 saturated heterocycles. The van der Waals surface area contributed by atoms with Gasteiger partial charge in [0.15, 0.2) is 0 Å². The molecule has 0 aliphatic heterocycles. The van der Waals surface area contributed by atoms with Crippen LogP contribution in [-0.2, 0) is 10.0 Å². The van der Waals surface area contributed by atoms with Gasteiger partial charge in [-0.2, -0.15) is 0 Å². The van der Waals surface area contributed by atoms with Gasteiger partial charge in [0.25, 0.3) is 15.9 Å². The summed E-state index contributed by atoms with van der Waals surface area (Å²) in [6.07, 6.45) is 0. The van der Waals surface area contributed by atoms with Crippen molar-refractivity contribution in [1.82, 2.24) is 5.32 Å². The molecule has 0 heterocycles. The van der Waals surface area contributed by atoms with E-state index in [0.29, 0.717) is 17.2 Å². The maximum Gasteiger partial charge on any atom is 0.261 e. The first-order chi connectivity index (χ1) is 11.7. The summed E-state index contributed by atoms with van der Waals surface area (Å²) in [6, 6.07) is 13.2. The first kappa shape index (κ1) is 19.0. The normalized spacial score (nSPS) is 12.7. The van der Waals surface area contributed by atoms with Crippen LogP contribution in [0.2, 0.25) is 0 Å². The van der Waals surface area contributed by atoms with Crippen molar-refractivity contribution in [1.29, 1.82) is 0 Å². The Morgan fingerprint density at radius 3 is 2.24 bits per heavy atom. The molecule has 2 aromatic carbocycles. The van der Waals surface area contributed by atoms with Gasteiger partial charge in [-0.25, -0.2) is 8.42 Å². The van der Waals surface area contributed by atoms with E-state index in [2.05, 4.69) is 10.0 Å². The molecule has 1 atom stereocenters. The Hall–Kier alpha value is -2.34.